The van der Waals surface area contributed by atoms with Crippen LogP contribution in [0.4, 0.5) is 0 Å². The van der Waals surface area contributed by atoms with Crippen molar-refractivity contribution in [3.8, 4) is 5.75 Å². The Balaban J connectivity index is 0.000000344. The van der Waals surface area contributed by atoms with Crippen molar-refractivity contribution in [1.29, 1.82) is 0 Å². The molecule has 0 fully saturated rings. The van der Waals surface area contributed by atoms with Gasteiger partial charge >= 0.3 is 0 Å². The lowest BCUT2D eigenvalue weighted by atomic mass is 9.92. The number of benzene rings is 1. The number of hydrogen-bond acceptors (Lipinski definition) is 1. The van der Waals surface area contributed by atoms with Gasteiger partial charge in [-0.3, -0.25) is 0 Å². The fourth-order valence-electron chi connectivity index (χ4n) is 1.88. The summed E-state index contributed by atoms with van der Waals surface area (Å²) in [6.45, 7) is 12.2. The van der Waals surface area contributed by atoms with Crippen molar-refractivity contribution >= 4 is 0 Å². The number of phenols is 1. The molecule has 0 saturated carbocycles. The molecule has 0 bridgehead atoms. The van der Waals surface area contributed by atoms with Gasteiger partial charge in [0.15, 0.2) is 0 Å². The van der Waals surface area contributed by atoms with Gasteiger partial charge in [0.2, 0.25) is 0 Å². The molecule has 0 aromatic heterocycles. The molecule has 20 heavy (non-hydrogen) atoms. The van der Waals surface area contributed by atoms with Crippen molar-refractivity contribution in [2.75, 3.05) is 0 Å². The molecular weight excluding hydrogens is 244 g/mol. The highest BCUT2D eigenvalue weighted by atomic mass is 16.3. The summed E-state index contributed by atoms with van der Waals surface area (Å²) in [4.78, 5) is 0. The Labute approximate surface area is 123 Å². The van der Waals surface area contributed by atoms with E-state index >= 15 is 0 Å². The van der Waals surface area contributed by atoms with Crippen molar-refractivity contribution in [1.82, 2.24) is 0 Å². The van der Waals surface area contributed by atoms with Crippen LogP contribution < -0.4 is 0 Å². The normalized spacial score (nSPS) is 12.1. The van der Waals surface area contributed by atoms with E-state index in [-0.39, 0.29) is 0 Å². The summed E-state index contributed by atoms with van der Waals surface area (Å²) in [6.07, 6.45) is 13.7. The average molecular weight is 270 g/mol. The molecule has 2 rings (SSSR count). The lowest BCUT2D eigenvalue weighted by molar-refractivity contribution is 0.473. The average Bonchev–Trinajstić information content (AvgIpc) is 2.46. The summed E-state index contributed by atoms with van der Waals surface area (Å²) in [7, 11) is 0. The number of rotatable bonds is 2. The van der Waals surface area contributed by atoms with Crippen molar-refractivity contribution in [2.24, 2.45) is 0 Å². The smallest absolute Gasteiger partial charge is 0.115 e. The first-order valence-corrected chi connectivity index (χ1v) is 6.97. The first kappa shape index (κ1) is 18.0. The van der Waals surface area contributed by atoms with Crippen LogP contribution in [0.15, 0.2) is 68.3 Å². The SMILES string of the molecule is C=C/C=C\C=C.C=CC.Oc1ccc2c(c1)CCCC2. The van der Waals surface area contributed by atoms with E-state index < -0.39 is 0 Å². The van der Waals surface area contributed by atoms with E-state index in [2.05, 4.69) is 19.7 Å². The number of phenolic OH excluding ortho intramolecular Hbond substituents is 1. The maximum Gasteiger partial charge on any atom is 0.115 e. The molecule has 1 heteroatoms. The minimum atomic E-state index is 0.408. The van der Waals surface area contributed by atoms with E-state index in [9.17, 15) is 5.11 Å². The maximum atomic E-state index is 9.19. The van der Waals surface area contributed by atoms with Crippen LogP contribution in [0.5, 0.6) is 5.75 Å². The number of hydrogen-bond donors (Lipinski definition) is 1. The predicted molar refractivity (Wildman–Crippen MR) is 90.2 cm³/mol. The summed E-state index contributed by atoms with van der Waals surface area (Å²) in [5.74, 6) is 0.408. The van der Waals surface area contributed by atoms with Gasteiger partial charge in [0.05, 0.1) is 0 Å². The quantitative estimate of drug-likeness (QED) is 0.565. The second-order valence-corrected chi connectivity index (χ2v) is 4.42. The van der Waals surface area contributed by atoms with Gasteiger partial charge in [-0.05, 0) is 55.9 Å². The largest absolute Gasteiger partial charge is 0.508 e. The first-order chi connectivity index (χ1) is 9.69. The number of aromatic hydroxyl groups is 1. The topological polar surface area (TPSA) is 20.2 Å². The fraction of sp³-hybridized carbons (Fsp3) is 0.263. The molecule has 0 radical (unpaired) electrons. The Morgan fingerprint density at radius 2 is 1.45 bits per heavy atom. The molecule has 0 atom stereocenters. The minimum Gasteiger partial charge on any atom is -0.508 e. The van der Waals surface area contributed by atoms with Crippen LogP contribution >= 0.6 is 0 Å². The summed E-state index contributed by atoms with van der Waals surface area (Å²) in [5, 5.41) is 9.19. The van der Waals surface area contributed by atoms with Crippen molar-refractivity contribution < 1.29 is 5.11 Å². The molecule has 0 amide bonds. The highest BCUT2D eigenvalue weighted by molar-refractivity contribution is 5.36. The molecule has 1 nitrogen and oxygen atoms in total. The van der Waals surface area contributed by atoms with Gasteiger partial charge in [-0.1, -0.05) is 49.6 Å². The lowest BCUT2D eigenvalue weighted by Crippen LogP contribution is -2.01. The molecule has 0 saturated heterocycles. The van der Waals surface area contributed by atoms with Crippen LogP contribution in [0.1, 0.15) is 30.9 Å². The van der Waals surface area contributed by atoms with Gasteiger partial charge in [-0.15, -0.1) is 6.58 Å². The zero-order valence-corrected chi connectivity index (χ0v) is 12.5. The Bertz CT molecular complexity index is 431. The van der Waals surface area contributed by atoms with E-state index in [0.29, 0.717) is 5.75 Å². The summed E-state index contributed by atoms with van der Waals surface area (Å²) in [5.41, 5.74) is 2.77. The fourth-order valence-corrected chi connectivity index (χ4v) is 1.88. The van der Waals surface area contributed by atoms with Gasteiger partial charge in [-0.25, -0.2) is 0 Å². The second-order valence-electron chi connectivity index (χ2n) is 4.42. The molecule has 0 heterocycles. The third kappa shape index (κ3) is 8.15. The third-order valence-electron chi connectivity index (χ3n) is 2.72. The first-order valence-electron chi connectivity index (χ1n) is 6.97. The van der Waals surface area contributed by atoms with Gasteiger partial charge in [-0.2, -0.15) is 0 Å². The lowest BCUT2D eigenvalue weighted by Gasteiger charge is -2.14. The van der Waals surface area contributed by atoms with Crippen molar-refractivity contribution in [3.05, 3.63) is 79.4 Å². The molecule has 0 unspecified atom stereocenters. The van der Waals surface area contributed by atoms with Gasteiger partial charge in [0.25, 0.3) is 0 Å². The highest BCUT2D eigenvalue weighted by Gasteiger charge is 2.08. The molecular formula is C19H26O. The molecule has 108 valence electrons. The Morgan fingerprint density at radius 3 is 1.95 bits per heavy atom. The standard InChI is InChI=1S/C10H12O.C6H8.C3H6/c11-10-6-5-8-3-1-2-4-9(8)7-10;1-3-5-6-4-2;1-3-2/h5-7,11H,1-4H2;3-6H,1-2H2;3H,1H2,2H3/b;6-5-;. The third-order valence-corrected chi connectivity index (χ3v) is 2.72. The molecule has 1 aromatic rings. The van der Waals surface area contributed by atoms with Gasteiger partial charge in [0, 0.05) is 0 Å². The van der Waals surface area contributed by atoms with E-state index in [1.54, 1.807) is 24.3 Å². The molecule has 1 aliphatic carbocycles. The molecule has 0 aliphatic heterocycles. The molecule has 1 N–H and O–H groups in total. The van der Waals surface area contributed by atoms with E-state index in [4.69, 9.17) is 0 Å². The Morgan fingerprint density at radius 1 is 0.950 bits per heavy atom. The number of fused-ring (bicyclic) bond motifs is 1. The number of aryl methyl sites for hydroxylation is 2. The number of allylic oxidation sites excluding steroid dienone is 5. The van der Waals surface area contributed by atoms with Crippen molar-refractivity contribution in [2.45, 2.75) is 32.6 Å². The Kier molecular flexibility index (Phi) is 10.8. The minimum absolute atomic E-state index is 0.408. The van der Waals surface area contributed by atoms with Crippen molar-refractivity contribution in [3.63, 3.8) is 0 Å². The highest BCUT2D eigenvalue weighted by Crippen LogP contribution is 2.24. The van der Waals surface area contributed by atoms with Crippen LogP contribution in [0.25, 0.3) is 0 Å². The monoisotopic (exact) mass is 270 g/mol. The van der Waals surface area contributed by atoms with E-state index in [1.807, 2.05) is 31.2 Å². The van der Waals surface area contributed by atoms with Crippen LogP contribution in [-0.4, -0.2) is 5.11 Å². The summed E-state index contributed by atoms with van der Waals surface area (Å²) in [6, 6.07) is 5.72. The zero-order valence-electron chi connectivity index (χ0n) is 12.5. The second kappa shape index (κ2) is 12.0. The molecule has 0 spiro atoms. The van der Waals surface area contributed by atoms with Gasteiger partial charge < -0.3 is 5.11 Å². The maximum absolute atomic E-state index is 9.19. The van der Waals surface area contributed by atoms with E-state index in [0.717, 1.165) is 6.42 Å². The summed E-state index contributed by atoms with van der Waals surface area (Å²) >= 11 is 0. The van der Waals surface area contributed by atoms with Gasteiger partial charge in [0.1, 0.15) is 5.75 Å². The Hall–Kier alpha value is -2.02. The van der Waals surface area contributed by atoms with Crippen LogP contribution in [0, 0.1) is 0 Å². The van der Waals surface area contributed by atoms with Crippen LogP contribution in [0.3, 0.4) is 0 Å². The van der Waals surface area contributed by atoms with Crippen LogP contribution in [-0.2, 0) is 12.8 Å². The zero-order chi connectivity index (χ0) is 15.2. The molecule has 1 aliphatic rings. The summed E-state index contributed by atoms with van der Waals surface area (Å²) < 4.78 is 0. The van der Waals surface area contributed by atoms with E-state index in [1.165, 1.54) is 30.4 Å². The van der Waals surface area contributed by atoms with Crippen LogP contribution in [0.2, 0.25) is 0 Å². The molecule has 1 aromatic carbocycles. The predicted octanol–water partition coefficient (Wildman–Crippen LogP) is 5.38.